The van der Waals surface area contributed by atoms with Crippen molar-refractivity contribution in [2.75, 3.05) is 6.54 Å². The smallest absolute Gasteiger partial charge is 0.250 e. The Balaban J connectivity index is 2.29. The molecule has 1 aromatic heterocycles. The van der Waals surface area contributed by atoms with E-state index in [1.165, 1.54) is 24.1 Å². The van der Waals surface area contributed by atoms with Crippen molar-refractivity contribution in [3.63, 3.8) is 0 Å². The molecule has 1 N–H and O–H groups in total. The van der Waals surface area contributed by atoms with Gasteiger partial charge in [0.15, 0.2) is 0 Å². The molecule has 0 bridgehead atoms. The van der Waals surface area contributed by atoms with Gasteiger partial charge in [-0.05, 0) is 44.2 Å². The van der Waals surface area contributed by atoms with Gasteiger partial charge >= 0.3 is 0 Å². The van der Waals surface area contributed by atoms with E-state index in [0.29, 0.717) is 6.04 Å². The third kappa shape index (κ3) is 3.27. The van der Waals surface area contributed by atoms with Gasteiger partial charge in [0.1, 0.15) is 0 Å². The van der Waals surface area contributed by atoms with Crippen LogP contribution in [0.5, 0.6) is 0 Å². The molecule has 1 heterocycles. The first-order valence-electron chi connectivity index (χ1n) is 7.74. The maximum atomic E-state index is 12.1. The van der Waals surface area contributed by atoms with E-state index in [1.807, 2.05) is 10.6 Å². The summed E-state index contributed by atoms with van der Waals surface area (Å²) in [6.45, 7) is 6.29. The summed E-state index contributed by atoms with van der Waals surface area (Å²) in [5.41, 5.74) is 2.81. The summed E-state index contributed by atoms with van der Waals surface area (Å²) in [7, 11) is 0. The van der Waals surface area contributed by atoms with Crippen molar-refractivity contribution in [2.24, 2.45) is 0 Å². The van der Waals surface area contributed by atoms with Crippen LogP contribution in [0.25, 0.3) is 0 Å². The average Bonchev–Trinajstić information content (AvgIpc) is 2.44. The number of hydrogen-bond donors (Lipinski definition) is 1. The molecule has 0 amide bonds. The number of nitrogens with one attached hydrogen (secondary N) is 1. The molecular formula is C16H26N2O. The fourth-order valence-electron chi connectivity index (χ4n) is 2.95. The summed E-state index contributed by atoms with van der Waals surface area (Å²) in [5, 5.41) is 3.61. The van der Waals surface area contributed by atoms with E-state index in [1.54, 1.807) is 6.07 Å². The highest BCUT2D eigenvalue weighted by Crippen LogP contribution is 2.28. The van der Waals surface area contributed by atoms with Crippen molar-refractivity contribution in [1.29, 1.82) is 0 Å². The van der Waals surface area contributed by atoms with E-state index >= 15 is 0 Å². The Labute approximate surface area is 116 Å². The lowest BCUT2D eigenvalue weighted by molar-refractivity contribution is 0.437. The molecule has 1 aliphatic rings. The predicted octanol–water partition coefficient (Wildman–Crippen LogP) is 3.03. The van der Waals surface area contributed by atoms with Gasteiger partial charge in [-0.1, -0.05) is 26.3 Å². The molecule has 0 spiro atoms. The fraction of sp³-hybridized carbons (Fsp3) is 0.688. The van der Waals surface area contributed by atoms with Crippen LogP contribution in [0.15, 0.2) is 16.9 Å². The van der Waals surface area contributed by atoms with Crippen molar-refractivity contribution < 1.29 is 0 Å². The molecule has 106 valence electrons. The summed E-state index contributed by atoms with van der Waals surface area (Å²) in [6, 6.07) is 4.24. The average molecular weight is 262 g/mol. The van der Waals surface area contributed by atoms with Crippen LogP contribution in [0.3, 0.4) is 0 Å². The first kappa shape index (κ1) is 14.3. The summed E-state index contributed by atoms with van der Waals surface area (Å²) >= 11 is 0. The lowest BCUT2D eigenvalue weighted by Gasteiger charge is -2.28. The fourth-order valence-corrected chi connectivity index (χ4v) is 2.95. The van der Waals surface area contributed by atoms with E-state index < -0.39 is 0 Å². The van der Waals surface area contributed by atoms with Crippen LogP contribution in [-0.2, 0) is 13.0 Å². The maximum absolute atomic E-state index is 12.1. The van der Waals surface area contributed by atoms with Gasteiger partial charge in [-0.3, -0.25) is 4.79 Å². The zero-order valence-corrected chi connectivity index (χ0v) is 12.2. The predicted molar refractivity (Wildman–Crippen MR) is 79.6 cm³/mol. The van der Waals surface area contributed by atoms with Crippen molar-refractivity contribution >= 4 is 0 Å². The van der Waals surface area contributed by atoms with Crippen LogP contribution in [0.4, 0.5) is 0 Å². The zero-order valence-electron chi connectivity index (χ0n) is 12.2. The van der Waals surface area contributed by atoms with Gasteiger partial charge in [0.05, 0.1) is 0 Å². The summed E-state index contributed by atoms with van der Waals surface area (Å²) in [6.07, 6.45) is 6.81. The lowest BCUT2D eigenvalue weighted by atomic mass is 9.90. The van der Waals surface area contributed by atoms with Gasteiger partial charge < -0.3 is 9.88 Å². The SMILES string of the molecule is CCCCn1c2c(ccc1=O)C(NCCC)CCC2. The monoisotopic (exact) mass is 262 g/mol. The second-order valence-corrected chi connectivity index (χ2v) is 5.48. The third-order valence-corrected chi connectivity index (χ3v) is 3.99. The molecule has 1 aromatic rings. The molecule has 2 rings (SSSR count). The summed E-state index contributed by atoms with van der Waals surface area (Å²) in [5.74, 6) is 0. The lowest BCUT2D eigenvalue weighted by Crippen LogP contribution is -2.32. The van der Waals surface area contributed by atoms with E-state index in [0.717, 1.165) is 38.8 Å². The molecule has 19 heavy (non-hydrogen) atoms. The molecule has 0 saturated heterocycles. The number of rotatable bonds is 6. The van der Waals surface area contributed by atoms with Gasteiger partial charge in [-0.2, -0.15) is 0 Å². The van der Waals surface area contributed by atoms with Crippen molar-refractivity contribution in [3.05, 3.63) is 33.7 Å². The van der Waals surface area contributed by atoms with Crippen LogP contribution in [0.1, 0.15) is 63.3 Å². The highest BCUT2D eigenvalue weighted by molar-refractivity contribution is 5.27. The third-order valence-electron chi connectivity index (χ3n) is 3.99. The Morgan fingerprint density at radius 2 is 2.16 bits per heavy atom. The van der Waals surface area contributed by atoms with E-state index in [2.05, 4.69) is 19.2 Å². The molecule has 0 radical (unpaired) electrons. The Bertz CT molecular complexity index is 464. The number of hydrogen-bond acceptors (Lipinski definition) is 2. The van der Waals surface area contributed by atoms with Crippen LogP contribution in [0, 0.1) is 0 Å². The van der Waals surface area contributed by atoms with Crippen LogP contribution < -0.4 is 10.9 Å². The highest BCUT2D eigenvalue weighted by atomic mass is 16.1. The molecule has 1 aliphatic carbocycles. The molecule has 1 unspecified atom stereocenters. The van der Waals surface area contributed by atoms with Crippen LogP contribution in [-0.4, -0.2) is 11.1 Å². The zero-order chi connectivity index (χ0) is 13.7. The molecule has 1 atom stereocenters. The largest absolute Gasteiger partial charge is 0.312 e. The highest BCUT2D eigenvalue weighted by Gasteiger charge is 2.22. The Kier molecular flexibility index (Phi) is 5.20. The molecule has 0 saturated carbocycles. The maximum Gasteiger partial charge on any atom is 0.250 e. The second kappa shape index (κ2) is 6.90. The minimum Gasteiger partial charge on any atom is -0.312 e. The molecule has 0 aliphatic heterocycles. The van der Waals surface area contributed by atoms with Crippen LogP contribution >= 0.6 is 0 Å². The first-order valence-corrected chi connectivity index (χ1v) is 7.74. The van der Waals surface area contributed by atoms with Gasteiger partial charge in [0, 0.05) is 24.3 Å². The standard InChI is InChI=1S/C16H26N2O/c1-3-5-12-18-15-8-6-7-14(17-11-4-2)13(15)9-10-16(18)19/h9-10,14,17H,3-8,11-12H2,1-2H3. The Hall–Kier alpha value is -1.09. The minimum absolute atomic E-state index is 0.170. The number of pyridine rings is 1. The molecule has 0 fully saturated rings. The van der Waals surface area contributed by atoms with Crippen LogP contribution in [0.2, 0.25) is 0 Å². The van der Waals surface area contributed by atoms with Gasteiger partial charge in [0.2, 0.25) is 0 Å². The number of aromatic nitrogens is 1. The van der Waals surface area contributed by atoms with Gasteiger partial charge in [0.25, 0.3) is 5.56 Å². The number of nitrogens with zero attached hydrogens (tertiary/aromatic N) is 1. The first-order chi connectivity index (χ1) is 9.27. The molecular weight excluding hydrogens is 236 g/mol. The van der Waals surface area contributed by atoms with Gasteiger partial charge in [-0.25, -0.2) is 0 Å². The van der Waals surface area contributed by atoms with E-state index in [4.69, 9.17) is 0 Å². The van der Waals surface area contributed by atoms with Crippen molar-refractivity contribution in [3.8, 4) is 0 Å². The number of unbranched alkanes of at least 4 members (excludes halogenated alkanes) is 1. The minimum atomic E-state index is 0.170. The van der Waals surface area contributed by atoms with Gasteiger partial charge in [-0.15, -0.1) is 0 Å². The molecule has 3 heteroatoms. The van der Waals surface area contributed by atoms with E-state index in [9.17, 15) is 4.79 Å². The molecule has 3 nitrogen and oxygen atoms in total. The summed E-state index contributed by atoms with van der Waals surface area (Å²) in [4.78, 5) is 12.1. The quantitative estimate of drug-likeness (QED) is 0.855. The molecule has 0 aromatic carbocycles. The topological polar surface area (TPSA) is 34.0 Å². The normalized spacial score (nSPS) is 18.3. The van der Waals surface area contributed by atoms with E-state index in [-0.39, 0.29) is 5.56 Å². The Morgan fingerprint density at radius 1 is 1.32 bits per heavy atom. The van der Waals surface area contributed by atoms with Crippen molar-refractivity contribution in [2.45, 2.75) is 65.0 Å². The summed E-state index contributed by atoms with van der Waals surface area (Å²) < 4.78 is 2.01. The number of fused-ring (bicyclic) bond motifs is 1. The van der Waals surface area contributed by atoms with Crippen molar-refractivity contribution in [1.82, 2.24) is 9.88 Å². The Morgan fingerprint density at radius 3 is 2.89 bits per heavy atom. The second-order valence-electron chi connectivity index (χ2n) is 5.48.